The molecule has 8 heteroatoms. The van der Waals surface area contributed by atoms with Crippen LogP contribution in [0.25, 0.3) is 11.3 Å². The molecule has 4 nitrogen and oxygen atoms in total. The Morgan fingerprint density at radius 1 is 1.28 bits per heavy atom. The van der Waals surface area contributed by atoms with E-state index in [1.807, 2.05) is 0 Å². The Labute approximate surface area is 106 Å². The lowest BCUT2D eigenvalue weighted by atomic mass is 10.1. The Morgan fingerprint density at radius 3 is 2.50 bits per heavy atom. The highest BCUT2D eigenvalue weighted by Crippen LogP contribution is 2.30. The second-order valence-electron chi connectivity index (χ2n) is 3.23. The minimum absolute atomic E-state index is 0.310. The monoisotopic (exact) mass is 321 g/mol. The zero-order valence-corrected chi connectivity index (χ0v) is 9.96. The van der Waals surface area contributed by atoms with Crippen LogP contribution in [0.3, 0.4) is 0 Å². The zero-order chi connectivity index (χ0) is 13.4. The van der Waals surface area contributed by atoms with Crippen LogP contribution in [0.5, 0.6) is 0 Å². The van der Waals surface area contributed by atoms with Crippen molar-refractivity contribution in [2.45, 2.75) is 0 Å². The SMILES string of the molecule is O=C(O)c1cc(-c2cc(F)c(Br)c(F)c2F)no1. The number of hydrogen-bond donors (Lipinski definition) is 1. The van der Waals surface area contributed by atoms with Gasteiger partial charge in [-0.1, -0.05) is 5.16 Å². The second kappa shape index (κ2) is 4.45. The molecule has 94 valence electrons. The second-order valence-corrected chi connectivity index (χ2v) is 4.02. The van der Waals surface area contributed by atoms with Crippen LogP contribution in [0.1, 0.15) is 10.6 Å². The maximum atomic E-state index is 13.5. The summed E-state index contributed by atoms with van der Waals surface area (Å²) in [7, 11) is 0. The zero-order valence-electron chi connectivity index (χ0n) is 8.38. The Bertz CT molecular complexity index is 642. The van der Waals surface area contributed by atoms with Gasteiger partial charge in [0.25, 0.3) is 0 Å². The molecule has 1 aromatic carbocycles. The molecule has 0 fully saturated rings. The van der Waals surface area contributed by atoms with Gasteiger partial charge in [-0.3, -0.25) is 0 Å². The van der Waals surface area contributed by atoms with Crippen molar-refractivity contribution in [3.8, 4) is 11.3 Å². The molecule has 0 amide bonds. The van der Waals surface area contributed by atoms with Crippen LogP contribution in [0, 0.1) is 17.5 Å². The van der Waals surface area contributed by atoms with E-state index in [1.165, 1.54) is 0 Å². The third-order valence-corrected chi connectivity index (χ3v) is 2.83. The van der Waals surface area contributed by atoms with E-state index in [-0.39, 0.29) is 5.69 Å². The molecular formula is C10H3BrF3NO3. The fraction of sp³-hybridized carbons (Fsp3) is 0. The summed E-state index contributed by atoms with van der Waals surface area (Å²) in [6.07, 6.45) is 0. The molecule has 2 aromatic rings. The fourth-order valence-corrected chi connectivity index (χ4v) is 1.55. The molecule has 1 N–H and O–H groups in total. The van der Waals surface area contributed by atoms with Gasteiger partial charge in [-0.2, -0.15) is 0 Å². The van der Waals surface area contributed by atoms with E-state index < -0.39 is 39.2 Å². The first kappa shape index (κ1) is 12.6. The van der Waals surface area contributed by atoms with E-state index in [0.29, 0.717) is 6.07 Å². The summed E-state index contributed by atoms with van der Waals surface area (Å²) >= 11 is 2.54. The minimum atomic E-state index is -1.43. The van der Waals surface area contributed by atoms with Crippen molar-refractivity contribution in [2.24, 2.45) is 0 Å². The van der Waals surface area contributed by atoms with Crippen LogP contribution >= 0.6 is 15.9 Å². The first-order chi connectivity index (χ1) is 8.41. The molecule has 0 aliphatic rings. The maximum absolute atomic E-state index is 13.5. The van der Waals surface area contributed by atoms with Crippen molar-refractivity contribution in [3.05, 3.63) is 39.8 Å². The molecule has 1 heterocycles. The van der Waals surface area contributed by atoms with Gasteiger partial charge >= 0.3 is 5.97 Å². The number of hydrogen-bond acceptors (Lipinski definition) is 3. The van der Waals surface area contributed by atoms with Crippen molar-refractivity contribution in [2.75, 3.05) is 0 Å². The largest absolute Gasteiger partial charge is 0.475 e. The predicted octanol–water partition coefficient (Wildman–Crippen LogP) is 3.22. The molecule has 0 bridgehead atoms. The van der Waals surface area contributed by atoms with Crippen LogP contribution < -0.4 is 0 Å². The van der Waals surface area contributed by atoms with Crippen LogP contribution in [-0.2, 0) is 0 Å². The molecule has 0 aliphatic heterocycles. The molecule has 0 unspecified atom stereocenters. The summed E-state index contributed by atoms with van der Waals surface area (Å²) in [6, 6.07) is 1.56. The van der Waals surface area contributed by atoms with E-state index in [0.717, 1.165) is 6.07 Å². The van der Waals surface area contributed by atoms with Gasteiger partial charge in [-0.25, -0.2) is 18.0 Å². The Morgan fingerprint density at radius 2 is 1.94 bits per heavy atom. The van der Waals surface area contributed by atoms with E-state index in [1.54, 1.807) is 0 Å². The number of nitrogens with zero attached hydrogens (tertiary/aromatic N) is 1. The summed E-state index contributed by atoms with van der Waals surface area (Å²) in [4.78, 5) is 10.5. The molecule has 18 heavy (non-hydrogen) atoms. The molecule has 2 rings (SSSR count). The normalized spacial score (nSPS) is 10.7. The number of carboxylic acid groups (broad SMARTS) is 1. The Hall–Kier alpha value is -1.83. The third kappa shape index (κ3) is 1.99. The summed E-state index contributed by atoms with van der Waals surface area (Å²) in [5, 5.41) is 11.8. The highest BCUT2D eigenvalue weighted by Gasteiger charge is 2.21. The van der Waals surface area contributed by atoms with Crippen molar-refractivity contribution in [1.82, 2.24) is 5.16 Å². The van der Waals surface area contributed by atoms with Crippen molar-refractivity contribution < 1.29 is 27.6 Å². The van der Waals surface area contributed by atoms with Gasteiger partial charge in [0.1, 0.15) is 11.5 Å². The summed E-state index contributed by atoms with van der Waals surface area (Å²) < 4.78 is 43.8. The standard InChI is InChI=1S/C10H3BrF3NO3/c11-7-4(12)1-3(8(13)9(7)14)5-2-6(10(16)17)18-15-5/h1-2H,(H,16,17). The van der Waals surface area contributed by atoms with E-state index in [9.17, 15) is 18.0 Å². The number of carboxylic acids is 1. The van der Waals surface area contributed by atoms with Gasteiger partial charge < -0.3 is 9.63 Å². The van der Waals surface area contributed by atoms with Crippen LogP contribution in [-0.4, -0.2) is 16.2 Å². The number of aromatic carboxylic acids is 1. The summed E-state index contributed by atoms with van der Waals surface area (Å²) in [5.74, 6) is -5.80. The number of halogens is 4. The number of carbonyl (C=O) groups is 1. The number of aromatic nitrogens is 1. The van der Waals surface area contributed by atoms with Gasteiger partial charge in [0.2, 0.25) is 5.76 Å². The van der Waals surface area contributed by atoms with Gasteiger partial charge in [0, 0.05) is 11.6 Å². The molecule has 1 aromatic heterocycles. The highest BCUT2D eigenvalue weighted by atomic mass is 79.9. The maximum Gasteiger partial charge on any atom is 0.374 e. The predicted molar refractivity (Wildman–Crippen MR) is 56.5 cm³/mol. The van der Waals surface area contributed by atoms with Gasteiger partial charge in [-0.15, -0.1) is 0 Å². The number of rotatable bonds is 2. The summed E-state index contributed by atoms with van der Waals surface area (Å²) in [6.45, 7) is 0. The van der Waals surface area contributed by atoms with Gasteiger partial charge in [-0.05, 0) is 22.0 Å². The lowest BCUT2D eigenvalue weighted by Crippen LogP contribution is -1.95. The van der Waals surface area contributed by atoms with Crippen LogP contribution in [0.2, 0.25) is 0 Å². The topological polar surface area (TPSA) is 63.3 Å². The van der Waals surface area contributed by atoms with E-state index in [2.05, 4.69) is 25.6 Å². The quantitative estimate of drug-likeness (QED) is 0.681. The molecule has 0 radical (unpaired) electrons. The van der Waals surface area contributed by atoms with Crippen LogP contribution in [0.15, 0.2) is 21.1 Å². The lowest BCUT2D eigenvalue weighted by molar-refractivity contribution is 0.0652. The summed E-state index contributed by atoms with van der Waals surface area (Å²) in [5.41, 5.74) is -0.834. The first-order valence-corrected chi connectivity index (χ1v) is 5.24. The first-order valence-electron chi connectivity index (χ1n) is 4.45. The van der Waals surface area contributed by atoms with Gasteiger partial charge in [0.05, 0.1) is 4.47 Å². The minimum Gasteiger partial charge on any atom is -0.475 e. The Balaban J connectivity index is 2.60. The third-order valence-electron chi connectivity index (χ3n) is 2.10. The van der Waals surface area contributed by atoms with E-state index >= 15 is 0 Å². The van der Waals surface area contributed by atoms with Gasteiger partial charge in [0.15, 0.2) is 11.6 Å². The van der Waals surface area contributed by atoms with Crippen molar-refractivity contribution in [1.29, 1.82) is 0 Å². The lowest BCUT2D eigenvalue weighted by Gasteiger charge is -2.03. The molecule has 0 saturated carbocycles. The molecule has 0 spiro atoms. The smallest absolute Gasteiger partial charge is 0.374 e. The molecule has 0 aliphatic carbocycles. The molecule has 0 saturated heterocycles. The average molecular weight is 322 g/mol. The van der Waals surface area contributed by atoms with Crippen molar-refractivity contribution in [3.63, 3.8) is 0 Å². The highest BCUT2D eigenvalue weighted by molar-refractivity contribution is 9.10. The molecular weight excluding hydrogens is 319 g/mol. The Kier molecular flexibility index (Phi) is 3.12. The van der Waals surface area contributed by atoms with E-state index in [4.69, 9.17) is 5.11 Å². The fourth-order valence-electron chi connectivity index (χ4n) is 1.26. The average Bonchev–Trinajstić information content (AvgIpc) is 2.80. The number of benzene rings is 1. The van der Waals surface area contributed by atoms with Crippen molar-refractivity contribution >= 4 is 21.9 Å². The van der Waals surface area contributed by atoms with Crippen LogP contribution in [0.4, 0.5) is 13.2 Å². The molecule has 0 atom stereocenters.